The lowest BCUT2D eigenvalue weighted by atomic mass is 10.0. The Labute approximate surface area is 92.3 Å². The molecule has 82 valence electrons. The Bertz CT molecular complexity index is 333. The third kappa shape index (κ3) is 2.05. The van der Waals surface area contributed by atoms with Crippen LogP contribution in [0, 0.1) is 6.92 Å². The predicted molar refractivity (Wildman–Crippen MR) is 62.8 cm³/mol. The van der Waals surface area contributed by atoms with Crippen LogP contribution in [0.15, 0.2) is 18.5 Å². The first kappa shape index (κ1) is 10.6. The summed E-state index contributed by atoms with van der Waals surface area (Å²) in [7, 11) is 0. The van der Waals surface area contributed by atoms with Gasteiger partial charge in [0.1, 0.15) is 0 Å². The highest BCUT2D eigenvalue weighted by atomic mass is 15.2. The Balaban J connectivity index is 2.27. The molecule has 1 fully saturated rings. The summed E-state index contributed by atoms with van der Waals surface area (Å²) in [6, 6.07) is 3.44. The lowest BCUT2D eigenvalue weighted by Crippen LogP contribution is -2.30. The molecule has 0 aromatic carbocycles. The number of aromatic nitrogens is 1. The van der Waals surface area contributed by atoms with Crippen LogP contribution in [0.5, 0.6) is 0 Å². The van der Waals surface area contributed by atoms with Crippen molar-refractivity contribution in [3.8, 4) is 0 Å². The Kier molecular flexibility index (Phi) is 3.06. The molecule has 0 saturated carbocycles. The minimum atomic E-state index is 0.619. The van der Waals surface area contributed by atoms with E-state index in [2.05, 4.69) is 36.7 Å². The van der Waals surface area contributed by atoms with Gasteiger partial charge in [-0.2, -0.15) is 0 Å². The van der Waals surface area contributed by atoms with Crippen LogP contribution >= 0.6 is 0 Å². The quantitative estimate of drug-likeness (QED) is 0.736. The molecule has 0 aliphatic carbocycles. The van der Waals surface area contributed by atoms with Crippen LogP contribution < -0.4 is 0 Å². The molecule has 0 spiro atoms. The van der Waals surface area contributed by atoms with Crippen LogP contribution in [0.2, 0.25) is 0 Å². The standard InChI is InChI=1S/C13H20N2/c1-10(2)15-8-4-5-13(15)12-6-7-14-9-11(12)3/h6-7,9-10,13H,4-5,8H2,1-3H3/t13-/m1/s1. The maximum absolute atomic E-state index is 4.17. The van der Waals surface area contributed by atoms with Crippen LogP contribution in [0.3, 0.4) is 0 Å². The van der Waals surface area contributed by atoms with Gasteiger partial charge in [0.2, 0.25) is 0 Å². The van der Waals surface area contributed by atoms with Gasteiger partial charge in [0.15, 0.2) is 0 Å². The summed E-state index contributed by atoms with van der Waals surface area (Å²) in [6.07, 6.45) is 6.51. The first-order valence-electron chi connectivity index (χ1n) is 5.86. The topological polar surface area (TPSA) is 16.1 Å². The molecule has 1 aliphatic heterocycles. The van der Waals surface area contributed by atoms with Crippen molar-refractivity contribution < 1.29 is 0 Å². The van der Waals surface area contributed by atoms with E-state index in [1.54, 1.807) is 0 Å². The summed E-state index contributed by atoms with van der Waals surface area (Å²) >= 11 is 0. The summed E-state index contributed by atoms with van der Waals surface area (Å²) in [5, 5.41) is 0. The van der Waals surface area contributed by atoms with Gasteiger partial charge in [0.25, 0.3) is 0 Å². The number of aryl methyl sites for hydroxylation is 1. The molecule has 2 heterocycles. The molecule has 0 radical (unpaired) electrons. The fourth-order valence-corrected chi connectivity index (χ4v) is 2.60. The minimum absolute atomic E-state index is 0.619. The second-order valence-corrected chi connectivity index (χ2v) is 4.72. The zero-order valence-corrected chi connectivity index (χ0v) is 9.90. The van der Waals surface area contributed by atoms with Gasteiger partial charge in [-0.3, -0.25) is 9.88 Å². The molecule has 0 bridgehead atoms. The summed E-state index contributed by atoms with van der Waals surface area (Å²) < 4.78 is 0. The van der Waals surface area contributed by atoms with Crippen molar-refractivity contribution in [2.24, 2.45) is 0 Å². The average Bonchev–Trinajstić information content (AvgIpc) is 2.67. The molecule has 1 aromatic heterocycles. The van der Waals surface area contributed by atoms with Crippen LogP contribution in [-0.4, -0.2) is 22.5 Å². The monoisotopic (exact) mass is 204 g/mol. The van der Waals surface area contributed by atoms with Gasteiger partial charge >= 0.3 is 0 Å². The zero-order valence-electron chi connectivity index (χ0n) is 9.90. The molecule has 15 heavy (non-hydrogen) atoms. The summed E-state index contributed by atoms with van der Waals surface area (Å²) in [5.74, 6) is 0. The van der Waals surface area contributed by atoms with Crippen LogP contribution in [0.1, 0.15) is 43.9 Å². The summed E-state index contributed by atoms with van der Waals surface area (Å²) in [6.45, 7) is 7.98. The predicted octanol–water partition coefficient (Wildman–Crippen LogP) is 2.94. The molecule has 1 aliphatic rings. The van der Waals surface area contributed by atoms with Gasteiger partial charge in [-0.1, -0.05) is 0 Å². The second kappa shape index (κ2) is 4.31. The SMILES string of the molecule is Cc1cnccc1[C@H]1CCCN1C(C)C. The van der Waals surface area contributed by atoms with Crippen molar-refractivity contribution in [2.45, 2.75) is 45.7 Å². The third-order valence-corrected chi connectivity index (χ3v) is 3.38. The Morgan fingerprint density at radius 3 is 2.93 bits per heavy atom. The van der Waals surface area contributed by atoms with E-state index in [1.165, 1.54) is 30.5 Å². The smallest absolute Gasteiger partial charge is 0.0355 e. The first-order valence-corrected chi connectivity index (χ1v) is 5.86. The molecule has 0 N–H and O–H groups in total. The number of nitrogens with zero attached hydrogens (tertiary/aromatic N) is 2. The van der Waals surface area contributed by atoms with Gasteiger partial charge < -0.3 is 0 Å². The van der Waals surface area contributed by atoms with E-state index < -0.39 is 0 Å². The van der Waals surface area contributed by atoms with Crippen LogP contribution in [0.25, 0.3) is 0 Å². The highest BCUT2D eigenvalue weighted by molar-refractivity contribution is 5.26. The Morgan fingerprint density at radius 1 is 1.47 bits per heavy atom. The molecule has 1 atom stereocenters. The molecule has 2 heteroatoms. The number of hydrogen-bond donors (Lipinski definition) is 0. The van der Waals surface area contributed by atoms with Gasteiger partial charge in [-0.15, -0.1) is 0 Å². The average molecular weight is 204 g/mol. The van der Waals surface area contributed by atoms with Crippen molar-refractivity contribution in [2.75, 3.05) is 6.54 Å². The normalized spacial score (nSPS) is 22.5. The maximum atomic E-state index is 4.17. The van der Waals surface area contributed by atoms with Crippen LogP contribution in [-0.2, 0) is 0 Å². The third-order valence-electron chi connectivity index (χ3n) is 3.38. The van der Waals surface area contributed by atoms with Crippen molar-refractivity contribution in [3.05, 3.63) is 29.6 Å². The summed E-state index contributed by atoms with van der Waals surface area (Å²) in [4.78, 5) is 6.77. The molecule has 0 unspecified atom stereocenters. The highest BCUT2D eigenvalue weighted by Gasteiger charge is 2.28. The van der Waals surface area contributed by atoms with E-state index in [1.807, 2.05) is 12.4 Å². The lowest BCUT2D eigenvalue weighted by molar-refractivity contribution is 0.205. The zero-order chi connectivity index (χ0) is 10.8. The van der Waals surface area contributed by atoms with E-state index in [4.69, 9.17) is 0 Å². The van der Waals surface area contributed by atoms with E-state index in [9.17, 15) is 0 Å². The van der Waals surface area contributed by atoms with Crippen molar-refractivity contribution in [1.29, 1.82) is 0 Å². The minimum Gasteiger partial charge on any atom is -0.294 e. The van der Waals surface area contributed by atoms with E-state index in [0.717, 1.165) is 0 Å². The number of likely N-dealkylation sites (tertiary alicyclic amines) is 1. The van der Waals surface area contributed by atoms with E-state index in [-0.39, 0.29) is 0 Å². The molecule has 2 rings (SSSR count). The molecule has 1 aromatic rings. The van der Waals surface area contributed by atoms with Crippen molar-refractivity contribution >= 4 is 0 Å². The van der Waals surface area contributed by atoms with Gasteiger partial charge in [0.05, 0.1) is 0 Å². The fourth-order valence-electron chi connectivity index (χ4n) is 2.60. The molecular formula is C13H20N2. The molecule has 2 nitrogen and oxygen atoms in total. The number of rotatable bonds is 2. The van der Waals surface area contributed by atoms with Gasteiger partial charge in [-0.25, -0.2) is 0 Å². The van der Waals surface area contributed by atoms with Crippen molar-refractivity contribution in [1.82, 2.24) is 9.88 Å². The van der Waals surface area contributed by atoms with Gasteiger partial charge in [-0.05, 0) is 57.4 Å². The second-order valence-electron chi connectivity index (χ2n) is 4.72. The van der Waals surface area contributed by atoms with Crippen molar-refractivity contribution in [3.63, 3.8) is 0 Å². The first-order chi connectivity index (χ1) is 7.20. The molecule has 0 amide bonds. The highest BCUT2D eigenvalue weighted by Crippen LogP contribution is 2.34. The van der Waals surface area contributed by atoms with E-state index >= 15 is 0 Å². The Hall–Kier alpha value is -0.890. The molecular weight excluding hydrogens is 184 g/mol. The lowest BCUT2D eigenvalue weighted by Gasteiger charge is -2.29. The fraction of sp³-hybridized carbons (Fsp3) is 0.615. The number of pyridine rings is 1. The largest absolute Gasteiger partial charge is 0.294 e. The van der Waals surface area contributed by atoms with Gasteiger partial charge in [0, 0.05) is 24.5 Å². The molecule has 1 saturated heterocycles. The summed E-state index contributed by atoms with van der Waals surface area (Å²) in [5.41, 5.74) is 2.80. The Morgan fingerprint density at radius 2 is 2.27 bits per heavy atom. The van der Waals surface area contributed by atoms with Crippen LogP contribution in [0.4, 0.5) is 0 Å². The number of hydrogen-bond acceptors (Lipinski definition) is 2. The maximum Gasteiger partial charge on any atom is 0.0355 e. The van der Waals surface area contributed by atoms with E-state index in [0.29, 0.717) is 12.1 Å².